The number of benzene rings is 1. The first-order valence-corrected chi connectivity index (χ1v) is 6.09. The fourth-order valence-corrected chi connectivity index (χ4v) is 2.25. The van der Waals surface area contributed by atoms with Crippen LogP contribution in [0.4, 0.5) is 0 Å². The fourth-order valence-electron chi connectivity index (χ4n) is 2.25. The summed E-state index contributed by atoms with van der Waals surface area (Å²) in [6.45, 7) is 2.46. The third-order valence-corrected chi connectivity index (χ3v) is 3.20. The van der Waals surface area contributed by atoms with Crippen molar-refractivity contribution in [2.75, 3.05) is 0 Å². The van der Waals surface area contributed by atoms with Crippen LogP contribution in [0.3, 0.4) is 0 Å². The van der Waals surface area contributed by atoms with Crippen molar-refractivity contribution in [3.63, 3.8) is 0 Å². The molecule has 3 rings (SSSR count). The van der Waals surface area contributed by atoms with Gasteiger partial charge in [0.25, 0.3) is 5.56 Å². The lowest BCUT2D eigenvalue weighted by Crippen LogP contribution is -2.21. The van der Waals surface area contributed by atoms with E-state index in [0.29, 0.717) is 6.54 Å². The summed E-state index contributed by atoms with van der Waals surface area (Å²) in [6.07, 6.45) is 3.31. The van der Waals surface area contributed by atoms with Crippen molar-refractivity contribution in [2.24, 2.45) is 7.05 Å². The van der Waals surface area contributed by atoms with Gasteiger partial charge in [0, 0.05) is 18.8 Å². The third-order valence-electron chi connectivity index (χ3n) is 3.20. The van der Waals surface area contributed by atoms with Gasteiger partial charge in [0.2, 0.25) is 0 Å². The van der Waals surface area contributed by atoms with E-state index in [4.69, 9.17) is 0 Å². The number of aryl methyl sites for hydroxylation is 2. The van der Waals surface area contributed by atoms with Crippen molar-refractivity contribution in [1.29, 1.82) is 0 Å². The minimum absolute atomic E-state index is 0.0954. The molecule has 0 bridgehead atoms. The summed E-state index contributed by atoms with van der Waals surface area (Å²) < 4.78 is 3.49. The number of fused-ring (bicyclic) bond motifs is 1. The van der Waals surface area contributed by atoms with E-state index in [-0.39, 0.29) is 5.56 Å². The maximum atomic E-state index is 12.0. The summed E-state index contributed by atoms with van der Waals surface area (Å²) >= 11 is 0. The van der Waals surface area contributed by atoms with E-state index in [1.54, 1.807) is 9.25 Å². The van der Waals surface area contributed by atoms with Gasteiger partial charge in [-0.25, -0.2) is 4.98 Å². The molecule has 1 aromatic carbocycles. The molecular formula is C14H14N4O. The first kappa shape index (κ1) is 11.6. The molecule has 5 nitrogen and oxygen atoms in total. The summed E-state index contributed by atoms with van der Waals surface area (Å²) in [7, 11) is 1.88. The molecule has 19 heavy (non-hydrogen) atoms. The number of nitrogens with zero attached hydrogens (tertiary/aromatic N) is 4. The van der Waals surface area contributed by atoms with Crippen molar-refractivity contribution in [3.05, 3.63) is 58.3 Å². The Balaban J connectivity index is 2.17. The molecular weight excluding hydrogens is 240 g/mol. The second-order valence-electron chi connectivity index (χ2n) is 4.58. The zero-order valence-corrected chi connectivity index (χ0v) is 10.9. The molecule has 0 unspecified atom stereocenters. The average molecular weight is 254 g/mol. The minimum atomic E-state index is -0.0954. The van der Waals surface area contributed by atoms with Crippen LogP contribution in [0.15, 0.2) is 41.5 Å². The second-order valence-corrected chi connectivity index (χ2v) is 4.58. The van der Waals surface area contributed by atoms with Crippen LogP contribution in [-0.2, 0) is 13.6 Å². The van der Waals surface area contributed by atoms with Gasteiger partial charge in [0.1, 0.15) is 0 Å². The first-order valence-electron chi connectivity index (χ1n) is 6.09. The summed E-state index contributed by atoms with van der Waals surface area (Å²) in [6, 6.07) is 7.65. The molecule has 0 radical (unpaired) electrons. The van der Waals surface area contributed by atoms with Crippen molar-refractivity contribution in [3.8, 4) is 0 Å². The molecule has 0 N–H and O–H groups in total. The molecule has 3 aromatic rings. The van der Waals surface area contributed by atoms with E-state index in [1.807, 2.05) is 44.4 Å². The quantitative estimate of drug-likeness (QED) is 0.696. The molecule has 5 heteroatoms. The van der Waals surface area contributed by atoms with Crippen molar-refractivity contribution >= 4 is 11.0 Å². The van der Waals surface area contributed by atoms with E-state index in [0.717, 1.165) is 22.3 Å². The Labute approximate surface area is 110 Å². The second kappa shape index (κ2) is 4.35. The molecule has 96 valence electrons. The van der Waals surface area contributed by atoms with Gasteiger partial charge in [-0.05, 0) is 19.1 Å². The smallest absolute Gasteiger partial charge is 0.269 e. The van der Waals surface area contributed by atoms with E-state index < -0.39 is 0 Å². The van der Waals surface area contributed by atoms with Gasteiger partial charge in [-0.15, -0.1) is 0 Å². The fraction of sp³-hybridized carbons (Fsp3) is 0.214. The van der Waals surface area contributed by atoms with Gasteiger partial charge in [-0.2, -0.15) is 5.10 Å². The Kier molecular flexibility index (Phi) is 2.67. The van der Waals surface area contributed by atoms with Crippen LogP contribution in [0.5, 0.6) is 0 Å². The molecule has 2 aromatic heterocycles. The summed E-state index contributed by atoms with van der Waals surface area (Å²) in [5, 5.41) is 4.30. The van der Waals surface area contributed by atoms with Gasteiger partial charge >= 0.3 is 0 Å². The maximum Gasteiger partial charge on any atom is 0.269 e. The average Bonchev–Trinajstić information content (AvgIpc) is 2.71. The van der Waals surface area contributed by atoms with Crippen LogP contribution in [0.2, 0.25) is 0 Å². The Bertz CT molecular complexity index is 801. The molecule has 0 aliphatic carbocycles. The van der Waals surface area contributed by atoms with Crippen LogP contribution in [0.1, 0.15) is 11.3 Å². The largest absolute Gasteiger partial charge is 0.301 e. The highest BCUT2D eigenvalue weighted by Crippen LogP contribution is 2.12. The molecule has 0 spiro atoms. The highest BCUT2D eigenvalue weighted by molar-refractivity contribution is 5.74. The van der Waals surface area contributed by atoms with Gasteiger partial charge in [0.15, 0.2) is 0 Å². The Morgan fingerprint density at radius 2 is 2.05 bits per heavy atom. The highest BCUT2D eigenvalue weighted by atomic mass is 16.1. The molecule has 0 atom stereocenters. The van der Waals surface area contributed by atoms with Gasteiger partial charge < -0.3 is 4.57 Å². The number of hydrogen-bond acceptors (Lipinski definition) is 3. The van der Waals surface area contributed by atoms with E-state index in [2.05, 4.69) is 10.1 Å². The summed E-state index contributed by atoms with van der Waals surface area (Å²) in [4.78, 5) is 16.2. The van der Waals surface area contributed by atoms with E-state index in [1.165, 1.54) is 6.20 Å². The molecule has 0 fully saturated rings. The van der Waals surface area contributed by atoms with Crippen LogP contribution < -0.4 is 5.56 Å². The van der Waals surface area contributed by atoms with Crippen LogP contribution in [-0.4, -0.2) is 19.3 Å². The molecule has 0 saturated heterocycles. The lowest BCUT2D eigenvalue weighted by Gasteiger charge is -2.08. The minimum Gasteiger partial charge on any atom is -0.301 e. The lowest BCUT2D eigenvalue weighted by atomic mass is 10.2. The molecule has 0 saturated carbocycles. The standard InChI is InChI=1S/C14H14N4O/c1-10-11(8-17(2)16-10)9-18-13-6-4-3-5-12(13)15-7-14(18)19/h3-8H,9H2,1-2H3. The summed E-state index contributed by atoms with van der Waals surface area (Å²) in [5.41, 5.74) is 3.56. The Morgan fingerprint density at radius 3 is 2.79 bits per heavy atom. The molecule has 2 heterocycles. The van der Waals surface area contributed by atoms with E-state index in [9.17, 15) is 4.79 Å². The highest BCUT2D eigenvalue weighted by Gasteiger charge is 2.08. The number of aromatic nitrogens is 4. The number of rotatable bonds is 2. The van der Waals surface area contributed by atoms with Gasteiger partial charge in [-0.1, -0.05) is 12.1 Å². The number of hydrogen-bond donors (Lipinski definition) is 0. The lowest BCUT2D eigenvalue weighted by molar-refractivity contribution is 0.755. The van der Waals surface area contributed by atoms with Crippen molar-refractivity contribution in [2.45, 2.75) is 13.5 Å². The number of para-hydroxylation sites is 2. The topological polar surface area (TPSA) is 52.7 Å². The normalized spacial score (nSPS) is 11.1. The van der Waals surface area contributed by atoms with Crippen molar-refractivity contribution in [1.82, 2.24) is 19.3 Å². The molecule has 0 amide bonds. The zero-order chi connectivity index (χ0) is 13.4. The van der Waals surface area contributed by atoms with Crippen LogP contribution >= 0.6 is 0 Å². The summed E-state index contributed by atoms with van der Waals surface area (Å²) in [5.74, 6) is 0. The predicted octanol–water partition coefficient (Wildman–Crippen LogP) is 1.49. The monoisotopic (exact) mass is 254 g/mol. The van der Waals surface area contributed by atoms with Gasteiger partial charge in [0.05, 0.1) is 29.5 Å². The Morgan fingerprint density at radius 1 is 1.26 bits per heavy atom. The van der Waals surface area contributed by atoms with Crippen LogP contribution in [0.25, 0.3) is 11.0 Å². The maximum absolute atomic E-state index is 12.0. The first-order chi connectivity index (χ1) is 9.15. The molecule has 0 aliphatic rings. The SMILES string of the molecule is Cc1nn(C)cc1Cn1c(=O)cnc2ccccc21. The van der Waals surface area contributed by atoms with Crippen molar-refractivity contribution < 1.29 is 0 Å². The Hall–Kier alpha value is -2.43. The van der Waals surface area contributed by atoms with Gasteiger partial charge in [-0.3, -0.25) is 9.48 Å². The zero-order valence-electron chi connectivity index (χ0n) is 10.9. The predicted molar refractivity (Wildman–Crippen MR) is 73.1 cm³/mol. The third kappa shape index (κ3) is 2.03. The van der Waals surface area contributed by atoms with Crippen LogP contribution in [0, 0.1) is 6.92 Å². The van der Waals surface area contributed by atoms with E-state index >= 15 is 0 Å². The molecule has 0 aliphatic heterocycles.